The van der Waals surface area contributed by atoms with Gasteiger partial charge in [0.1, 0.15) is 11.9 Å². The zero-order chi connectivity index (χ0) is 11.7. The lowest BCUT2D eigenvalue weighted by Crippen LogP contribution is -2.32. The summed E-state index contributed by atoms with van der Waals surface area (Å²) < 4.78 is 3.75. The summed E-state index contributed by atoms with van der Waals surface area (Å²) in [5, 5.41) is 4.30. The molecular weight excluding hydrogens is 204 g/mol. The van der Waals surface area contributed by atoms with Crippen molar-refractivity contribution in [3.05, 3.63) is 35.7 Å². The molecule has 0 saturated heterocycles. The summed E-state index contributed by atoms with van der Waals surface area (Å²) in [6.45, 7) is 1.95. The second-order valence-electron chi connectivity index (χ2n) is 3.83. The highest BCUT2D eigenvalue weighted by atomic mass is 15.3. The van der Waals surface area contributed by atoms with Gasteiger partial charge in [0.2, 0.25) is 0 Å². The second-order valence-corrected chi connectivity index (χ2v) is 3.83. The molecule has 0 saturated carbocycles. The fraction of sp³-hybridized carbons (Fsp3) is 0.400. The Bertz CT molecular complexity index is 483. The Morgan fingerprint density at radius 1 is 1.44 bits per heavy atom. The highest BCUT2D eigenvalue weighted by Crippen LogP contribution is 2.19. The molecule has 0 aliphatic rings. The van der Waals surface area contributed by atoms with E-state index in [0.717, 1.165) is 17.2 Å². The van der Waals surface area contributed by atoms with Crippen molar-refractivity contribution in [2.75, 3.05) is 0 Å². The number of aryl methyl sites for hydroxylation is 3. The summed E-state index contributed by atoms with van der Waals surface area (Å²) >= 11 is 0. The number of hydrogen-bond donors (Lipinski definition) is 2. The van der Waals surface area contributed by atoms with Gasteiger partial charge in [0.15, 0.2) is 0 Å². The number of imidazole rings is 1. The average molecular weight is 220 g/mol. The molecule has 2 aromatic rings. The smallest absolute Gasteiger partial charge is 0.133 e. The van der Waals surface area contributed by atoms with E-state index < -0.39 is 0 Å². The van der Waals surface area contributed by atoms with Crippen molar-refractivity contribution in [1.82, 2.24) is 24.8 Å². The van der Waals surface area contributed by atoms with Gasteiger partial charge in [0.25, 0.3) is 0 Å². The molecular formula is C10H16N6. The van der Waals surface area contributed by atoms with Gasteiger partial charge >= 0.3 is 0 Å². The van der Waals surface area contributed by atoms with Gasteiger partial charge in [-0.3, -0.25) is 10.5 Å². The number of aromatic nitrogens is 4. The number of nitrogens with zero attached hydrogens (tertiary/aromatic N) is 4. The topological polar surface area (TPSA) is 73.7 Å². The Hall–Kier alpha value is -1.66. The van der Waals surface area contributed by atoms with E-state index in [2.05, 4.69) is 15.5 Å². The van der Waals surface area contributed by atoms with E-state index in [9.17, 15) is 0 Å². The lowest BCUT2D eigenvalue weighted by Gasteiger charge is -2.15. The van der Waals surface area contributed by atoms with Crippen LogP contribution in [0.3, 0.4) is 0 Å². The first-order chi connectivity index (χ1) is 7.63. The minimum absolute atomic E-state index is 0.147. The summed E-state index contributed by atoms with van der Waals surface area (Å²) in [7, 11) is 3.84. The summed E-state index contributed by atoms with van der Waals surface area (Å²) in [5.41, 5.74) is 4.73. The highest BCUT2D eigenvalue weighted by Gasteiger charge is 2.20. The minimum atomic E-state index is -0.147. The van der Waals surface area contributed by atoms with E-state index in [1.54, 1.807) is 6.20 Å². The molecule has 6 nitrogen and oxygen atoms in total. The van der Waals surface area contributed by atoms with Gasteiger partial charge in [-0.05, 0) is 13.0 Å². The van der Waals surface area contributed by atoms with Crippen LogP contribution >= 0.6 is 0 Å². The zero-order valence-electron chi connectivity index (χ0n) is 9.68. The molecule has 86 valence electrons. The normalized spacial score (nSPS) is 13.0. The molecule has 3 N–H and O–H groups in total. The summed E-state index contributed by atoms with van der Waals surface area (Å²) in [4.78, 5) is 4.29. The first-order valence-electron chi connectivity index (χ1n) is 5.07. The molecule has 6 heteroatoms. The van der Waals surface area contributed by atoms with Gasteiger partial charge in [-0.15, -0.1) is 0 Å². The van der Waals surface area contributed by atoms with Gasteiger partial charge < -0.3 is 4.57 Å². The van der Waals surface area contributed by atoms with Crippen molar-refractivity contribution < 1.29 is 0 Å². The lowest BCUT2D eigenvalue weighted by molar-refractivity contribution is 0.535. The monoisotopic (exact) mass is 220 g/mol. The predicted octanol–water partition coefficient (Wildman–Crippen LogP) is 0.0147. The van der Waals surface area contributed by atoms with Gasteiger partial charge in [0.05, 0.1) is 11.4 Å². The van der Waals surface area contributed by atoms with Crippen LogP contribution in [0.5, 0.6) is 0 Å². The minimum Gasteiger partial charge on any atom is -0.336 e. The van der Waals surface area contributed by atoms with Crippen molar-refractivity contribution in [2.45, 2.75) is 13.0 Å². The number of nitrogens with two attached hydrogens (primary N) is 1. The van der Waals surface area contributed by atoms with Crippen LogP contribution in [-0.4, -0.2) is 19.3 Å². The molecule has 0 bridgehead atoms. The van der Waals surface area contributed by atoms with E-state index in [-0.39, 0.29) is 6.04 Å². The first kappa shape index (κ1) is 10.8. The van der Waals surface area contributed by atoms with E-state index in [4.69, 9.17) is 5.84 Å². The second kappa shape index (κ2) is 4.07. The quantitative estimate of drug-likeness (QED) is 0.564. The lowest BCUT2D eigenvalue weighted by atomic mass is 10.2. The maximum Gasteiger partial charge on any atom is 0.133 e. The molecule has 1 atom stereocenters. The average Bonchev–Trinajstić information content (AvgIpc) is 2.77. The van der Waals surface area contributed by atoms with Crippen LogP contribution in [0.2, 0.25) is 0 Å². The van der Waals surface area contributed by atoms with Gasteiger partial charge in [-0.25, -0.2) is 10.4 Å². The van der Waals surface area contributed by atoms with Crippen molar-refractivity contribution in [3.8, 4) is 0 Å². The molecule has 16 heavy (non-hydrogen) atoms. The Morgan fingerprint density at radius 3 is 2.62 bits per heavy atom. The first-order valence-corrected chi connectivity index (χ1v) is 5.07. The Balaban J connectivity index is 2.44. The molecule has 0 aliphatic heterocycles. The summed E-state index contributed by atoms with van der Waals surface area (Å²) in [6, 6.07) is 1.85. The molecule has 0 aliphatic carbocycles. The molecule has 2 aromatic heterocycles. The number of hydrogen-bond acceptors (Lipinski definition) is 4. The number of nitrogens with one attached hydrogen (secondary N) is 1. The molecule has 0 spiro atoms. The Labute approximate surface area is 94.1 Å². The van der Waals surface area contributed by atoms with Gasteiger partial charge in [-0.1, -0.05) is 0 Å². The Morgan fingerprint density at radius 2 is 2.19 bits per heavy atom. The van der Waals surface area contributed by atoms with Gasteiger partial charge in [0, 0.05) is 26.5 Å². The molecule has 1 unspecified atom stereocenters. The third-order valence-electron chi connectivity index (χ3n) is 2.62. The van der Waals surface area contributed by atoms with Crippen LogP contribution in [0, 0.1) is 6.92 Å². The fourth-order valence-corrected chi connectivity index (χ4v) is 1.85. The standard InChI is InChI=1S/C10H16N6/c1-7-6-8(16(3)14-7)9(13-11)10-12-4-5-15(10)2/h4-6,9,13H,11H2,1-3H3. The van der Waals surface area contributed by atoms with E-state index in [1.165, 1.54) is 0 Å². The zero-order valence-corrected chi connectivity index (χ0v) is 9.68. The van der Waals surface area contributed by atoms with Crippen LogP contribution in [0.25, 0.3) is 0 Å². The van der Waals surface area contributed by atoms with Crippen molar-refractivity contribution in [2.24, 2.45) is 19.9 Å². The van der Waals surface area contributed by atoms with Crippen LogP contribution in [0.4, 0.5) is 0 Å². The largest absolute Gasteiger partial charge is 0.336 e. The molecule has 2 heterocycles. The summed E-state index contributed by atoms with van der Waals surface area (Å²) in [5.74, 6) is 6.46. The van der Waals surface area contributed by atoms with Gasteiger partial charge in [-0.2, -0.15) is 5.10 Å². The van der Waals surface area contributed by atoms with E-state index in [0.29, 0.717) is 0 Å². The summed E-state index contributed by atoms with van der Waals surface area (Å²) in [6.07, 6.45) is 3.64. The fourth-order valence-electron chi connectivity index (χ4n) is 1.85. The Kier molecular flexibility index (Phi) is 2.76. The van der Waals surface area contributed by atoms with E-state index in [1.807, 2.05) is 42.5 Å². The van der Waals surface area contributed by atoms with Crippen molar-refractivity contribution in [3.63, 3.8) is 0 Å². The van der Waals surface area contributed by atoms with Crippen molar-refractivity contribution >= 4 is 0 Å². The molecule has 0 amide bonds. The van der Waals surface area contributed by atoms with Crippen LogP contribution in [-0.2, 0) is 14.1 Å². The maximum absolute atomic E-state index is 5.60. The highest BCUT2D eigenvalue weighted by molar-refractivity contribution is 5.20. The van der Waals surface area contributed by atoms with Crippen molar-refractivity contribution in [1.29, 1.82) is 0 Å². The molecule has 2 rings (SSSR count). The van der Waals surface area contributed by atoms with Crippen LogP contribution in [0.15, 0.2) is 18.5 Å². The third kappa shape index (κ3) is 1.72. The molecule has 0 fully saturated rings. The van der Waals surface area contributed by atoms with E-state index >= 15 is 0 Å². The SMILES string of the molecule is Cc1cc(C(NN)c2nccn2C)n(C)n1. The number of hydrazine groups is 1. The third-order valence-corrected chi connectivity index (χ3v) is 2.62. The maximum atomic E-state index is 5.60. The number of rotatable bonds is 3. The van der Waals surface area contributed by atoms with Crippen LogP contribution < -0.4 is 11.3 Å². The van der Waals surface area contributed by atoms with Crippen LogP contribution in [0.1, 0.15) is 23.3 Å². The molecule has 0 radical (unpaired) electrons. The molecule has 0 aromatic carbocycles. The predicted molar refractivity (Wildman–Crippen MR) is 60.3 cm³/mol.